The normalized spacial score (nSPS) is 34.3. The summed E-state index contributed by atoms with van der Waals surface area (Å²) < 4.78 is 10.8. The minimum absolute atomic E-state index is 0.00807. The molecule has 5 nitrogen and oxygen atoms in total. The number of rotatable bonds is 3. The Kier molecular flexibility index (Phi) is 4.76. The molecule has 0 radical (unpaired) electrons. The van der Waals surface area contributed by atoms with Crippen molar-refractivity contribution >= 4 is 5.91 Å². The second kappa shape index (κ2) is 6.33. The molecule has 0 aromatic carbocycles. The first-order chi connectivity index (χ1) is 8.25. The average molecular weight is 242 g/mol. The summed E-state index contributed by atoms with van der Waals surface area (Å²) in [5.74, 6) is 0.0886. The highest BCUT2D eigenvalue weighted by Crippen LogP contribution is 2.12. The fourth-order valence-electron chi connectivity index (χ4n) is 2.34. The fraction of sp³-hybridized carbons (Fsp3) is 0.917. The first kappa shape index (κ1) is 12.8. The van der Waals surface area contributed by atoms with E-state index >= 15 is 0 Å². The van der Waals surface area contributed by atoms with Crippen molar-refractivity contribution in [2.45, 2.75) is 44.4 Å². The van der Waals surface area contributed by atoms with Gasteiger partial charge in [0.15, 0.2) is 0 Å². The van der Waals surface area contributed by atoms with E-state index in [1.807, 2.05) is 0 Å². The molecule has 1 amide bonds. The SMILES string of the molecule is CC1CCCC(C(=O)NCC2COCCO2)N1. The third-order valence-electron chi connectivity index (χ3n) is 3.32. The molecule has 17 heavy (non-hydrogen) atoms. The Morgan fingerprint density at radius 3 is 3.00 bits per heavy atom. The van der Waals surface area contributed by atoms with E-state index in [0.29, 0.717) is 32.4 Å². The van der Waals surface area contributed by atoms with Crippen molar-refractivity contribution in [3.8, 4) is 0 Å². The summed E-state index contributed by atoms with van der Waals surface area (Å²) in [4.78, 5) is 11.9. The van der Waals surface area contributed by atoms with Crippen LogP contribution in [0, 0.1) is 0 Å². The van der Waals surface area contributed by atoms with Gasteiger partial charge in [0.05, 0.1) is 32.0 Å². The second-order valence-corrected chi connectivity index (χ2v) is 4.86. The minimum atomic E-state index is -0.0386. The van der Waals surface area contributed by atoms with Crippen LogP contribution in [0.3, 0.4) is 0 Å². The van der Waals surface area contributed by atoms with Crippen molar-refractivity contribution in [3.63, 3.8) is 0 Å². The maximum atomic E-state index is 11.9. The molecule has 2 N–H and O–H groups in total. The Hall–Kier alpha value is -0.650. The summed E-state index contributed by atoms with van der Waals surface area (Å²) in [6, 6.07) is 0.400. The molecule has 0 saturated carbocycles. The number of hydrogen-bond acceptors (Lipinski definition) is 4. The fourth-order valence-corrected chi connectivity index (χ4v) is 2.34. The van der Waals surface area contributed by atoms with Crippen LogP contribution in [0.25, 0.3) is 0 Å². The molecule has 2 aliphatic heterocycles. The van der Waals surface area contributed by atoms with E-state index in [1.165, 1.54) is 0 Å². The highest BCUT2D eigenvalue weighted by Gasteiger charge is 2.24. The Morgan fingerprint density at radius 2 is 2.29 bits per heavy atom. The molecule has 2 rings (SSSR count). The van der Waals surface area contributed by atoms with Crippen molar-refractivity contribution in [2.75, 3.05) is 26.4 Å². The average Bonchev–Trinajstić information content (AvgIpc) is 2.37. The van der Waals surface area contributed by atoms with Crippen LogP contribution < -0.4 is 10.6 Å². The maximum absolute atomic E-state index is 11.9. The van der Waals surface area contributed by atoms with Crippen LogP contribution >= 0.6 is 0 Å². The zero-order valence-electron chi connectivity index (χ0n) is 10.4. The summed E-state index contributed by atoms with van der Waals surface area (Å²) in [5, 5.41) is 6.26. The lowest BCUT2D eigenvalue weighted by atomic mass is 9.99. The predicted molar refractivity (Wildman–Crippen MR) is 63.8 cm³/mol. The standard InChI is InChI=1S/C12H22N2O3/c1-9-3-2-4-11(14-9)12(15)13-7-10-8-16-5-6-17-10/h9-11,14H,2-8H2,1H3,(H,13,15). The van der Waals surface area contributed by atoms with Crippen LogP contribution in [0.15, 0.2) is 0 Å². The number of piperidine rings is 1. The Balaban J connectivity index is 1.69. The van der Waals surface area contributed by atoms with Crippen LogP contribution in [0.1, 0.15) is 26.2 Å². The van der Waals surface area contributed by atoms with Gasteiger partial charge in [-0.25, -0.2) is 0 Å². The molecule has 2 saturated heterocycles. The molecule has 3 atom stereocenters. The quantitative estimate of drug-likeness (QED) is 0.734. The van der Waals surface area contributed by atoms with Gasteiger partial charge in [-0.2, -0.15) is 0 Å². The second-order valence-electron chi connectivity index (χ2n) is 4.86. The predicted octanol–water partition coefficient (Wildman–Crippen LogP) is 0.0486. The molecule has 5 heteroatoms. The lowest BCUT2D eigenvalue weighted by Crippen LogP contribution is -2.52. The summed E-state index contributed by atoms with van der Waals surface area (Å²) in [5.41, 5.74) is 0. The lowest BCUT2D eigenvalue weighted by Gasteiger charge is -2.29. The van der Waals surface area contributed by atoms with Crippen LogP contribution in [-0.4, -0.2) is 50.5 Å². The molecule has 0 bridgehead atoms. The zero-order valence-corrected chi connectivity index (χ0v) is 10.4. The number of carbonyl (C=O) groups is 1. The first-order valence-corrected chi connectivity index (χ1v) is 6.49. The number of ether oxygens (including phenoxy) is 2. The van der Waals surface area contributed by atoms with E-state index in [0.717, 1.165) is 19.3 Å². The Bertz CT molecular complexity index is 254. The molecule has 2 heterocycles. The van der Waals surface area contributed by atoms with Gasteiger partial charge in [0.25, 0.3) is 0 Å². The van der Waals surface area contributed by atoms with Gasteiger partial charge in [-0.3, -0.25) is 4.79 Å². The topological polar surface area (TPSA) is 59.6 Å². The van der Waals surface area contributed by atoms with Gasteiger partial charge in [0.1, 0.15) is 0 Å². The van der Waals surface area contributed by atoms with Crippen molar-refractivity contribution in [1.29, 1.82) is 0 Å². The van der Waals surface area contributed by atoms with E-state index in [1.54, 1.807) is 0 Å². The van der Waals surface area contributed by atoms with E-state index < -0.39 is 0 Å². The summed E-state index contributed by atoms with van der Waals surface area (Å²) in [6.45, 7) is 4.53. The van der Waals surface area contributed by atoms with Crippen molar-refractivity contribution in [2.24, 2.45) is 0 Å². The smallest absolute Gasteiger partial charge is 0.237 e. The molecule has 0 aliphatic carbocycles. The molecule has 2 aliphatic rings. The Labute approximate surface area is 102 Å². The van der Waals surface area contributed by atoms with Crippen LogP contribution in [0.5, 0.6) is 0 Å². The monoisotopic (exact) mass is 242 g/mol. The minimum Gasteiger partial charge on any atom is -0.376 e. The highest BCUT2D eigenvalue weighted by atomic mass is 16.6. The molecular weight excluding hydrogens is 220 g/mol. The van der Waals surface area contributed by atoms with E-state index in [9.17, 15) is 4.79 Å². The van der Waals surface area contributed by atoms with Crippen molar-refractivity contribution < 1.29 is 14.3 Å². The van der Waals surface area contributed by atoms with Gasteiger partial charge in [-0.1, -0.05) is 0 Å². The largest absolute Gasteiger partial charge is 0.376 e. The third-order valence-corrected chi connectivity index (χ3v) is 3.32. The number of hydrogen-bond donors (Lipinski definition) is 2. The Morgan fingerprint density at radius 1 is 1.41 bits per heavy atom. The summed E-state index contributed by atoms with van der Waals surface area (Å²) in [6.07, 6.45) is 3.21. The van der Waals surface area contributed by atoms with Gasteiger partial charge in [0, 0.05) is 12.6 Å². The van der Waals surface area contributed by atoms with Crippen molar-refractivity contribution in [3.05, 3.63) is 0 Å². The molecule has 98 valence electrons. The molecule has 3 unspecified atom stereocenters. The van der Waals surface area contributed by atoms with E-state index in [2.05, 4.69) is 17.6 Å². The number of amides is 1. The van der Waals surface area contributed by atoms with Crippen LogP contribution in [-0.2, 0) is 14.3 Å². The zero-order chi connectivity index (χ0) is 12.1. The molecule has 2 fully saturated rings. The molecule has 0 spiro atoms. The van der Waals surface area contributed by atoms with Crippen molar-refractivity contribution in [1.82, 2.24) is 10.6 Å². The lowest BCUT2D eigenvalue weighted by molar-refractivity contribution is -0.126. The summed E-state index contributed by atoms with van der Waals surface area (Å²) >= 11 is 0. The highest BCUT2D eigenvalue weighted by molar-refractivity contribution is 5.81. The van der Waals surface area contributed by atoms with Gasteiger partial charge in [-0.15, -0.1) is 0 Å². The van der Waals surface area contributed by atoms with Gasteiger partial charge in [-0.05, 0) is 26.2 Å². The van der Waals surface area contributed by atoms with E-state index in [4.69, 9.17) is 9.47 Å². The third kappa shape index (κ3) is 3.94. The first-order valence-electron chi connectivity index (χ1n) is 6.49. The van der Waals surface area contributed by atoms with Gasteiger partial charge >= 0.3 is 0 Å². The molecule has 0 aromatic rings. The van der Waals surface area contributed by atoms with Gasteiger partial charge in [0.2, 0.25) is 5.91 Å². The summed E-state index contributed by atoms with van der Waals surface area (Å²) in [7, 11) is 0. The van der Waals surface area contributed by atoms with Crippen LogP contribution in [0.4, 0.5) is 0 Å². The maximum Gasteiger partial charge on any atom is 0.237 e. The molecular formula is C12H22N2O3. The van der Waals surface area contributed by atoms with E-state index in [-0.39, 0.29) is 18.1 Å². The molecule has 0 aromatic heterocycles. The van der Waals surface area contributed by atoms with Gasteiger partial charge < -0.3 is 20.1 Å². The van der Waals surface area contributed by atoms with Crippen LogP contribution in [0.2, 0.25) is 0 Å². The number of carbonyl (C=O) groups excluding carboxylic acids is 1. The number of nitrogens with one attached hydrogen (secondary N) is 2.